The van der Waals surface area contributed by atoms with Crippen molar-refractivity contribution in [1.29, 1.82) is 0 Å². The molecule has 1 saturated carbocycles. The van der Waals surface area contributed by atoms with Gasteiger partial charge in [0.05, 0.1) is 19.1 Å². The maximum atomic E-state index is 14.0. The zero-order chi connectivity index (χ0) is 27.3. The molecule has 3 aromatic rings. The molecule has 2 aromatic carbocycles. The van der Waals surface area contributed by atoms with Gasteiger partial charge in [0.15, 0.2) is 15.6 Å². The van der Waals surface area contributed by atoms with Gasteiger partial charge in [-0.15, -0.1) is 11.3 Å². The van der Waals surface area contributed by atoms with Crippen molar-refractivity contribution in [2.24, 2.45) is 0 Å². The lowest BCUT2D eigenvalue weighted by Gasteiger charge is -2.27. The average Bonchev–Trinajstić information content (AvgIpc) is 3.65. The standard InChI is InChI=1S/C29H34N2O5S2/c1-4-38(34,35)20-25(32)27-21(2)37-26(30-27)19-31(18-8-11-22-9-6-5-7-10-22)28(33)29(16-17-29)23-12-14-24(36-3)15-13-23/h5-7,9-10,12-15H,4,8,11,16-20H2,1-3H3. The van der Waals surface area contributed by atoms with Crippen LogP contribution < -0.4 is 4.74 Å². The topological polar surface area (TPSA) is 93.6 Å². The molecule has 0 unspecified atom stereocenters. The molecule has 7 nitrogen and oxygen atoms in total. The van der Waals surface area contributed by atoms with Crippen LogP contribution in [0.15, 0.2) is 54.6 Å². The Balaban J connectivity index is 1.55. The van der Waals surface area contributed by atoms with E-state index in [4.69, 9.17) is 4.74 Å². The Morgan fingerprint density at radius 1 is 1.08 bits per heavy atom. The van der Waals surface area contributed by atoms with Crippen LogP contribution in [0.1, 0.15) is 57.7 Å². The average molecular weight is 555 g/mol. The number of ketones is 1. The van der Waals surface area contributed by atoms with Crippen molar-refractivity contribution in [2.75, 3.05) is 25.2 Å². The summed E-state index contributed by atoms with van der Waals surface area (Å²) in [5, 5.41) is 0.637. The SMILES string of the molecule is CCS(=O)(=O)CC(=O)c1nc(CN(CCCc2ccccc2)C(=O)C2(c3ccc(OC)cc3)CC2)sc1C. The summed E-state index contributed by atoms with van der Waals surface area (Å²) < 4.78 is 29.3. The van der Waals surface area contributed by atoms with Gasteiger partial charge in [-0.3, -0.25) is 9.59 Å². The van der Waals surface area contributed by atoms with Crippen molar-refractivity contribution >= 4 is 32.9 Å². The van der Waals surface area contributed by atoms with Gasteiger partial charge < -0.3 is 9.64 Å². The minimum Gasteiger partial charge on any atom is -0.497 e. The number of amides is 1. The molecular formula is C29H34N2O5S2. The van der Waals surface area contributed by atoms with Crippen molar-refractivity contribution in [3.05, 3.63) is 81.3 Å². The maximum absolute atomic E-state index is 14.0. The normalized spacial score (nSPS) is 14.2. The molecule has 0 atom stereocenters. The largest absolute Gasteiger partial charge is 0.497 e. The third-order valence-electron chi connectivity index (χ3n) is 7.05. The van der Waals surface area contributed by atoms with Gasteiger partial charge in [0.1, 0.15) is 22.2 Å². The Morgan fingerprint density at radius 3 is 2.37 bits per heavy atom. The number of hydrogen-bond acceptors (Lipinski definition) is 7. The minimum atomic E-state index is -3.45. The number of aromatic nitrogens is 1. The summed E-state index contributed by atoms with van der Waals surface area (Å²) in [5.74, 6) is -0.326. The monoisotopic (exact) mass is 554 g/mol. The number of methoxy groups -OCH3 is 1. The molecule has 1 fully saturated rings. The highest BCUT2D eigenvalue weighted by Gasteiger charge is 2.53. The number of benzene rings is 2. The predicted molar refractivity (Wildman–Crippen MR) is 150 cm³/mol. The molecule has 38 heavy (non-hydrogen) atoms. The molecule has 1 aliphatic rings. The summed E-state index contributed by atoms with van der Waals surface area (Å²) in [4.78, 5) is 33.7. The zero-order valence-corrected chi connectivity index (χ0v) is 23.7. The van der Waals surface area contributed by atoms with Crippen LogP contribution in [-0.2, 0) is 33.0 Å². The van der Waals surface area contributed by atoms with Crippen LogP contribution in [0, 0.1) is 6.92 Å². The first-order valence-electron chi connectivity index (χ1n) is 12.8. The van der Waals surface area contributed by atoms with Crippen molar-refractivity contribution < 1.29 is 22.7 Å². The molecule has 0 bridgehead atoms. The highest BCUT2D eigenvalue weighted by molar-refractivity contribution is 7.92. The molecule has 0 saturated heterocycles. The van der Waals surface area contributed by atoms with E-state index in [1.165, 1.54) is 23.8 Å². The Morgan fingerprint density at radius 2 is 1.76 bits per heavy atom. The van der Waals surface area contributed by atoms with Gasteiger partial charge >= 0.3 is 0 Å². The van der Waals surface area contributed by atoms with E-state index < -0.39 is 26.8 Å². The molecule has 202 valence electrons. The number of aryl methyl sites for hydroxylation is 2. The van der Waals surface area contributed by atoms with Crippen molar-refractivity contribution in [1.82, 2.24) is 9.88 Å². The highest BCUT2D eigenvalue weighted by Crippen LogP contribution is 2.50. The van der Waals surface area contributed by atoms with Crippen LogP contribution in [0.5, 0.6) is 5.75 Å². The van der Waals surface area contributed by atoms with Gasteiger partial charge in [0.25, 0.3) is 0 Å². The zero-order valence-electron chi connectivity index (χ0n) is 22.1. The van der Waals surface area contributed by atoms with Crippen LogP contribution in [0.2, 0.25) is 0 Å². The van der Waals surface area contributed by atoms with Gasteiger partial charge in [0.2, 0.25) is 5.91 Å². The molecule has 0 N–H and O–H groups in total. The summed E-state index contributed by atoms with van der Waals surface area (Å²) in [5.41, 5.74) is 1.83. The number of hydrogen-bond donors (Lipinski definition) is 0. The Labute approximate surface area is 228 Å². The maximum Gasteiger partial charge on any atom is 0.233 e. The van der Waals surface area contributed by atoms with Crippen molar-refractivity contribution in [2.45, 2.75) is 51.5 Å². The van der Waals surface area contributed by atoms with E-state index in [-0.39, 0.29) is 23.9 Å². The number of ether oxygens (including phenoxy) is 1. The predicted octanol–water partition coefficient (Wildman–Crippen LogP) is 4.77. The van der Waals surface area contributed by atoms with Crippen LogP contribution in [0.4, 0.5) is 0 Å². The fraction of sp³-hybridized carbons (Fsp3) is 0.414. The van der Waals surface area contributed by atoms with Crippen LogP contribution in [0.3, 0.4) is 0 Å². The lowest BCUT2D eigenvalue weighted by Crippen LogP contribution is -2.39. The minimum absolute atomic E-state index is 0.0602. The number of sulfone groups is 1. The number of carbonyl (C=O) groups excluding carboxylic acids is 2. The second kappa shape index (κ2) is 11.8. The molecule has 1 aliphatic carbocycles. The molecule has 0 spiro atoms. The van der Waals surface area contributed by atoms with Gasteiger partial charge in [-0.05, 0) is 55.9 Å². The van der Waals surface area contributed by atoms with E-state index in [1.54, 1.807) is 14.0 Å². The third kappa shape index (κ3) is 6.50. The van der Waals surface area contributed by atoms with Gasteiger partial charge in [-0.1, -0.05) is 49.4 Å². The van der Waals surface area contributed by atoms with E-state index in [1.807, 2.05) is 47.4 Å². The quantitative estimate of drug-likeness (QED) is 0.283. The molecule has 1 amide bonds. The fourth-order valence-electron chi connectivity index (χ4n) is 4.65. The number of Topliss-reactive ketones (excluding diaryl/α,β-unsaturated/α-hetero) is 1. The van der Waals surface area contributed by atoms with Gasteiger partial charge in [-0.25, -0.2) is 13.4 Å². The van der Waals surface area contributed by atoms with E-state index in [0.717, 1.165) is 37.0 Å². The first-order chi connectivity index (χ1) is 18.2. The van der Waals surface area contributed by atoms with E-state index in [2.05, 4.69) is 17.1 Å². The fourth-order valence-corrected chi connectivity index (χ4v) is 6.35. The number of carbonyl (C=O) groups is 2. The number of nitrogens with zero attached hydrogens (tertiary/aromatic N) is 2. The second-order valence-corrected chi connectivity index (χ2v) is 13.4. The molecule has 9 heteroatoms. The molecular weight excluding hydrogens is 520 g/mol. The summed E-state index contributed by atoms with van der Waals surface area (Å²) >= 11 is 1.35. The number of rotatable bonds is 13. The third-order valence-corrected chi connectivity index (χ3v) is 9.58. The summed E-state index contributed by atoms with van der Waals surface area (Å²) in [7, 11) is -1.84. The number of thiazole rings is 1. The van der Waals surface area contributed by atoms with Crippen molar-refractivity contribution in [3.8, 4) is 5.75 Å². The van der Waals surface area contributed by atoms with E-state index in [0.29, 0.717) is 16.4 Å². The van der Waals surface area contributed by atoms with E-state index in [9.17, 15) is 18.0 Å². The van der Waals surface area contributed by atoms with Gasteiger partial charge in [0, 0.05) is 17.2 Å². The molecule has 0 radical (unpaired) electrons. The first kappa shape index (κ1) is 28.0. The Kier molecular flexibility index (Phi) is 8.67. The van der Waals surface area contributed by atoms with Crippen LogP contribution in [0.25, 0.3) is 0 Å². The molecule has 1 aromatic heterocycles. The van der Waals surface area contributed by atoms with Gasteiger partial charge in [-0.2, -0.15) is 0 Å². The summed E-state index contributed by atoms with van der Waals surface area (Å²) in [6, 6.07) is 17.9. The first-order valence-corrected chi connectivity index (χ1v) is 15.5. The molecule has 0 aliphatic heterocycles. The summed E-state index contributed by atoms with van der Waals surface area (Å²) in [6.45, 7) is 4.13. The van der Waals surface area contributed by atoms with Crippen LogP contribution in [-0.4, -0.2) is 55.2 Å². The van der Waals surface area contributed by atoms with Crippen LogP contribution >= 0.6 is 11.3 Å². The van der Waals surface area contributed by atoms with Crippen molar-refractivity contribution in [3.63, 3.8) is 0 Å². The Bertz CT molecular complexity index is 1380. The second-order valence-electron chi connectivity index (χ2n) is 9.74. The lowest BCUT2D eigenvalue weighted by atomic mass is 9.94. The summed E-state index contributed by atoms with van der Waals surface area (Å²) in [6.07, 6.45) is 3.20. The highest BCUT2D eigenvalue weighted by atomic mass is 32.2. The molecule has 4 rings (SSSR count). The smallest absolute Gasteiger partial charge is 0.233 e. The molecule has 1 heterocycles. The Hall–Kier alpha value is -3.04. The van der Waals surface area contributed by atoms with E-state index >= 15 is 0 Å². The lowest BCUT2D eigenvalue weighted by molar-refractivity contribution is -0.134.